The first-order valence-electron chi connectivity index (χ1n) is 7.26. The average molecular weight is 286 g/mol. The molecule has 0 spiro atoms. The fourth-order valence-electron chi connectivity index (χ4n) is 2.95. The SMILES string of the molecule is CC.COC(=O)c1nn(-c2cnccn2)c2c1CC1CC21. The van der Waals surface area contributed by atoms with Crippen molar-refractivity contribution in [3.63, 3.8) is 0 Å². The maximum Gasteiger partial charge on any atom is 0.358 e. The summed E-state index contributed by atoms with van der Waals surface area (Å²) >= 11 is 0. The van der Waals surface area contributed by atoms with E-state index in [9.17, 15) is 4.79 Å². The predicted octanol–water partition coefficient (Wildman–Crippen LogP) is 2.13. The van der Waals surface area contributed by atoms with Crippen molar-refractivity contribution in [1.29, 1.82) is 0 Å². The molecule has 0 saturated heterocycles. The molecule has 2 aliphatic carbocycles. The zero-order chi connectivity index (χ0) is 15.0. The number of fused-ring (bicyclic) bond motifs is 3. The Hall–Kier alpha value is -2.24. The third-order valence-electron chi connectivity index (χ3n) is 3.91. The van der Waals surface area contributed by atoms with Crippen LogP contribution < -0.4 is 0 Å². The maximum absolute atomic E-state index is 11.8. The van der Waals surface area contributed by atoms with Crippen LogP contribution in [-0.2, 0) is 11.2 Å². The van der Waals surface area contributed by atoms with Gasteiger partial charge >= 0.3 is 5.97 Å². The zero-order valence-corrected chi connectivity index (χ0v) is 12.4. The fraction of sp³-hybridized carbons (Fsp3) is 0.467. The second-order valence-electron chi connectivity index (χ2n) is 4.99. The number of methoxy groups -OCH3 is 1. The minimum atomic E-state index is -0.375. The Morgan fingerprint density at radius 3 is 2.86 bits per heavy atom. The molecule has 21 heavy (non-hydrogen) atoms. The van der Waals surface area contributed by atoms with Gasteiger partial charge < -0.3 is 4.74 Å². The Kier molecular flexibility index (Phi) is 3.45. The first-order valence-corrected chi connectivity index (χ1v) is 7.26. The van der Waals surface area contributed by atoms with E-state index in [1.54, 1.807) is 23.3 Å². The molecule has 2 aromatic rings. The summed E-state index contributed by atoms with van der Waals surface area (Å²) in [6.45, 7) is 4.00. The molecule has 1 fully saturated rings. The quantitative estimate of drug-likeness (QED) is 0.791. The van der Waals surface area contributed by atoms with Crippen molar-refractivity contribution in [2.24, 2.45) is 5.92 Å². The summed E-state index contributed by atoms with van der Waals surface area (Å²) in [5.41, 5.74) is 2.57. The lowest BCUT2D eigenvalue weighted by atomic mass is 10.1. The summed E-state index contributed by atoms with van der Waals surface area (Å²) in [5.74, 6) is 1.46. The van der Waals surface area contributed by atoms with Crippen LogP contribution in [-0.4, -0.2) is 32.8 Å². The molecule has 0 bridgehead atoms. The number of rotatable bonds is 2. The molecule has 0 N–H and O–H groups in total. The number of aromatic nitrogens is 4. The number of hydrogen-bond acceptors (Lipinski definition) is 5. The first kappa shape index (κ1) is 13.7. The summed E-state index contributed by atoms with van der Waals surface area (Å²) in [4.78, 5) is 20.1. The van der Waals surface area contributed by atoms with E-state index in [4.69, 9.17) is 4.74 Å². The molecule has 2 aliphatic rings. The standard InChI is InChI=1S/C13H12N4O2.C2H6/c1-19-13(18)11-9-5-7-4-8(7)12(9)17(16-11)10-6-14-2-3-15-10;1-2/h2-3,6-8H,4-5H2,1H3;1-2H3. The average Bonchev–Trinajstić information content (AvgIpc) is 3.06. The monoisotopic (exact) mass is 286 g/mol. The molecule has 1 saturated carbocycles. The number of nitrogens with zero attached hydrogens (tertiary/aromatic N) is 4. The number of carbonyl (C=O) groups excluding carboxylic acids is 1. The highest BCUT2D eigenvalue weighted by Gasteiger charge is 2.50. The summed E-state index contributed by atoms with van der Waals surface area (Å²) in [6, 6.07) is 0. The van der Waals surface area contributed by atoms with Gasteiger partial charge in [0.05, 0.1) is 19.0 Å². The van der Waals surface area contributed by atoms with Crippen LogP contribution >= 0.6 is 0 Å². The molecule has 110 valence electrons. The highest BCUT2D eigenvalue weighted by molar-refractivity contribution is 5.89. The van der Waals surface area contributed by atoms with Gasteiger partial charge in [-0.05, 0) is 18.8 Å². The maximum atomic E-state index is 11.8. The van der Waals surface area contributed by atoms with Gasteiger partial charge in [-0.3, -0.25) is 4.98 Å². The van der Waals surface area contributed by atoms with Crippen molar-refractivity contribution >= 4 is 5.97 Å². The van der Waals surface area contributed by atoms with Crippen LogP contribution in [0.3, 0.4) is 0 Å². The lowest BCUT2D eigenvalue weighted by Crippen LogP contribution is -2.07. The van der Waals surface area contributed by atoms with Gasteiger partial charge in [0.2, 0.25) is 0 Å². The third-order valence-corrected chi connectivity index (χ3v) is 3.91. The largest absolute Gasteiger partial charge is 0.464 e. The molecule has 2 aromatic heterocycles. The number of ether oxygens (including phenoxy) is 1. The van der Waals surface area contributed by atoms with E-state index in [0.29, 0.717) is 23.3 Å². The molecule has 0 radical (unpaired) electrons. The highest BCUT2D eigenvalue weighted by atomic mass is 16.5. The van der Waals surface area contributed by atoms with Gasteiger partial charge in [-0.15, -0.1) is 0 Å². The van der Waals surface area contributed by atoms with Crippen LogP contribution in [0.5, 0.6) is 0 Å². The highest BCUT2D eigenvalue weighted by Crippen LogP contribution is 2.57. The van der Waals surface area contributed by atoms with Gasteiger partial charge in [-0.25, -0.2) is 14.5 Å². The van der Waals surface area contributed by atoms with Gasteiger partial charge in [-0.1, -0.05) is 13.8 Å². The predicted molar refractivity (Wildman–Crippen MR) is 76.4 cm³/mol. The van der Waals surface area contributed by atoms with Crippen LogP contribution in [0.2, 0.25) is 0 Å². The zero-order valence-electron chi connectivity index (χ0n) is 12.4. The molecule has 2 atom stereocenters. The molecule has 0 aliphatic heterocycles. The van der Waals surface area contributed by atoms with Gasteiger partial charge in [0.25, 0.3) is 0 Å². The molecular weight excluding hydrogens is 268 g/mol. The van der Waals surface area contributed by atoms with Crippen LogP contribution in [0.15, 0.2) is 18.6 Å². The Labute approximate surface area is 123 Å². The molecule has 6 heteroatoms. The number of carbonyl (C=O) groups is 1. The summed E-state index contributed by atoms with van der Waals surface area (Å²) in [6.07, 6.45) is 7.00. The minimum Gasteiger partial charge on any atom is -0.464 e. The van der Waals surface area contributed by atoms with E-state index in [1.807, 2.05) is 13.8 Å². The topological polar surface area (TPSA) is 69.9 Å². The van der Waals surface area contributed by atoms with Crippen molar-refractivity contribution in [1.82, 2.24) is 19.7 Å². The fourth-order valence-corrected chi connectivity index (χ4v) is 2.95. The van der Waals surface area contributed by atoms with Crippen LogP contribution in [0.4, 0.5) is 0 Å². The van der Waals surface area contributed by atoms with Crippen LogP contribution in [0, 0.1) is 5.92 Å². The van der Waals surface area contributed by atoms with Gasteiger partial charge in [-0.2, -0.15) is 5.10 Å². The second-order valence-corrected chi connectivity index (χ2v) is 4.99. The first-order chi connectivity index (χ1) is 10.3. The molecule has 0 aromatic carbocycles. The Bertz CT molecular complexity index is 666. The third kappa shape index (κ3) is 2.11. The Morgan fingerprint density at radius 1 is 1.38 bits per heavy atom. The van der Waals surface area contributed by atoms with E-state index in [2.05, 4.69) is 15.1 Å². The molecule has 0 amide bonds. The molecule has 4 rings (SSSR count). The second kappa shape index (κ2) is 5.27. The Balaban J connectivity index is 0.000000636. The summed E-state index contributed by atoms with van der Waals surface area (Å²) < 4.78 is 6.57. The lowest BCUT2D eigenvalue weighted by Gasteiger charge is -2.03. The smallest absolute Gasteiger partial charge is 0.358 e. The van der Waals surface area contributed by atoms with Crippen molar-refractivity contribution < 1.29 is 9.53 Å². The minimum absolute atomic E-state index is 0.375. The van der Waals surface area contributed by atoms with Gasteiger partial charge in [0, 0.05) is 23.9 Å². The normalized spacial score (nSPS) is 20.9. The summed E-state index contributed by atoms with van der Waals surface area (Å²) in [7, 11) is 1.38. The Morgan fingerprint density at radius 2 is 2.19 bits per heavy atom. The molecule has 6 nitrogen and oxygen atoms in total. The van der Waals surface area contributed by atoms with Crippen molar-refractivity contribution in [3.05, 3.63) is 35.5 Å². The summed E-state index contributed by atoms with van der Waals surface area (Å²) in [5, 5.41) is 4.39. The number of hydrogen-bond donors (Lipinski definition) is 0. The van der Waals surface area contributed by atoms with E-state index in [-0.39, 0.29) is 5.97 Å². The molecular formula is C15H18N4O2. The molecule has 2 unspecified atom stereocenters. The van der Waals surface area contributed by atoms with Crippen LogP contribution in [0.25, 0.3) is 5.82 Å². The van der Waals surface area contributed by atoms with Crippen LogP contribution in [0.1, 0.15) is 47.9 Å². The van der Waals surface area contributed by atoms with E-state index in [0.717, 1.165) is 17.7 Å². The van der Waals surface area contributed by atoms with E-state index >= 15 is 0 Å². The van der Waals surface area contributed by atoms with Crippen molar-refractivity contribution in [3.8, 4) is 5.82 Å². The van der Waals surface area contributed by atoms with E-state index in [1.165, 1.54) is 13.5 Å². The van der Waals surface area contributed by atoms with Crippen molar-refractivity contribution in [2.45, 2.75) is 32.6 Å². The van der Waals surface area contributed by atoms with Gasteiger partial charge in [0.1, 0.15) is 0 Å². The number of esters is 1. The van der Waals surface area contributed by atoms with Gasteiger partial charge in [0.15, 0.2) is 11.5 Å². The van der Waals surface area contributed by atoms with E-state index < -0.39 is 0 Å². The lowest BCUT2D eigenvalue weighted by molar-refractivity contribution is 0.0592. The van der Waals surface area contributed by atoms with Crippen molar-refractivity contribution in [2.75, 3.05) is 7.11 Å². The molecule has 2 heterocycles.